The van der Waals surface area contributed by atoms with Crippen LogP contribution in [0.4, 0.5) is 0 Å². The van der Waals surface area contributed by atoms with Crippen LogP contribution in [-0.4, -0.2) is 42.0 Å². The molecule has 0 saturated carbocycles. The molecule has 0 aromatic carbocycles. The van der Waals surface area contributed by atoms with Crippen LogP contribution in [-0.2, 0) is 4.79 Å². The molecule has 0 aromatic rings. The van der Waals surface area contributed by atoms with Gasteiger partial charge in [-0.2, -0.15) is 0 Å². The monoisotopic (exact) mass is 185 g/mol. The van der Waals surface area contributed by atoms with Gasteiger partial charge < -0.3 is 16.0 Å². The van der Waals surface area contributed by atoms with E-state index in [0.717, 1.165) is 13.1 Å². The van der Waals surface area contributed by atoms with Gasteiger partial charge in [0.05, 0.1) is 6.04 Å². The lowest BCUT2D eigenvalue weighted by Gasteiger charge is -2.39. The molecule has 0 radical (unpaired) electrons. The molecule has 0 bridgehead atoms. The molecule has 1 heterocycles. The van der Waals surface area contributed by atoms with E-state index in [1.54, 1.807) is 6.92 Å². The first-order valence-electron chi connectivity index (χ1n) is 4.83. The van der Waals surface area contributed by atoms with Crippen molar-refractivity contribution in [2.75, 3.05) is 13.1 Å². The molecule has 76 valence electrons. The van der Waals surface area contributed by atoms with Gasteiger partial charge in [-0.05, 0) is 20.8 Å². The minimum atomic E-state index is -0.382. The minimum Gasteiger partial charge on any atom is -0.336 e. The van der Waals surface area contributed by atoms with Gasteiger partial charge >= 0.3 is 0 Å². The number of nitrogens with one attached hydrogen (secondary N) is 1. The Morgan fingerprint density at radius 3 is 2.77 bits per heavy atom. The number of nitrogens with two attached hydrogens (primary N) is 1. The van der Waals surface area contributed by atoms with Crippen LogP contribution in [0.3, 0.4) is 0 Å². The molecule has 0 aromatic heterocycles. The summed E-state index contributed by atoms with van der Waals surface area (Å²) in [5.41, 5.74) is 5.56. The van der Waals surface area contributed by atoms with Crippen LogP contribution < -0.4 is 11.1 Å². The second-order valence-electron chi connectivity index (χ2n) is 3.80. The molecule has 3 atom stereocenters. The molecule has 0 aliphatic carbocycles. The van der Waals surface area contributed by atoms with Gasteiger partial charge in [-0.3, -0.25) is 4.79 Å². The summed E-state index contributed by atoms with van der Waals surface area (Å²) in [5.74, 6) is 0.0563. The molecule has 1 rings (SSSR count). The van der Waals surface area contributed by atoms with E-state index in [4.69, 9.17) is 5.73 Å². The van der Waals surface area contributed by atoms with E-state index in [9.17, 15) is 4.79 Å². The lowest BCUT2D eigenvalue weighted by molar-refractivity contribution is -0.135. The molecule has 4 heteroatoms. The zero-order chi connectivity index (χ0) is 10.0. The third kappa shape index (κ3) is 2.19. The van der Waals surface area contributed by atoms with Crippen LogP contribution in [0, 0.1) is 0 Å². The van der Waals surface area contributed by atoms with Crippen LogP contribution in [0.25, 0.3) is 0 Å². The van der Waals surface area contributed by atoms with Crippen LogP contribution in [0.15, 0.2) is 0 Å². The summed E-state index contributed by atoms with van der Waals surface area (Å²) in [5, 5.41) is 3.32. The summed E-state index contributed by atoms with van der Waals surface area (Å²) in [4.78, 5) is 13.5. The van der Waals surface area contributed by atoms with E-state index in [-0.39, 0.29) is 18.0 Å². The van der Waals surface area contributed by atoms with Crippen LogP contribution in [0.5, 0.6) is 0 Å². The maximum absolute atomic E-state index is 11.6. The third-order valence-corrected chi connectivity index (χ3v) is 2.71. The van der Waals surface area contributed by atoms with Crippen LogP contribution >= 0.6 is 0 Å². The Kier molecular flexibility index (Phi) is 3.27. The van der Waals surface area contributed by atoms with Gasteiger partial charge in [0, 0.05) is 25.2 Å². The van der Waals surface area contributed by atoms with Gasteiger partial charge in [-0.15, -0.1) is 0 Å². The predicted octanol–water partition coefficient (Wildman–Crippen LogP) is -0.458. The molecule has 1 aliphatic rings. The van der Waals surface area contributed by atoms with Gasteiger partial charge in [-0.1, -0.05) is 0 Å². The molecule has 13 heavy (non-hydrogen) atoms. The van der Waals surface area contributed by atoms with Gasteiger partial charge in [-0.25, -0.2) is 0 Å². The molecular weight excluding hydrogens is 166 g/mol. The average Bonchev–Trinajstić information content (AvgIpc) is 2.08. The van der Waals surface area contributed by atoms with Gasteiger partial charge in [0.2, 0.25) is 5.91 Å². The summed E-state index contributed by atoms with van der Waals surface area (Å²) in [6.45, 7) is 7.51. The first-order valence-corrected chi connectivity index (χ1v) is 4.83. The van der Waals surface area contributed by atoms with Gasteiger partial charge in [0.1, 0.15) is 0 Å². The Balaban J connectivity index is 2.62. The number of carbonyl (C=O) groups excluding carboxylic acids is 1. The highest BCUT2D eigenvalue weighted by atomic mass is 16.2. The van der Waals surface area contributed by atoms with E-state index >= 15 is 0 Å². The Morgan fingerprint density at radius 1 is 1.62 bits per heavy atom. The fraction of sp³-hybridized carbons (Fsp3) is 0.889. The van der Waals surface area contributed by atoms with E-state index in [1.807, 2.05) is 4.90 Å². The maximum Gasteiger partial charge on any atom is 0.239 e. The maximum atomic E-state index is 11.6. The molecule has 1 fully saturated rings. The third-order valence-electron chi connectivity index (χ3n) is 2.71. The highest BCUT2D eigenvalue weighted by Crippen LogP contribution is 2.09. The quantitative estimate of drug-likeness (QED) is 0.581. The minimum absolute atomic E-state index is 0.0563. The molecule has 0 spiro atoms. The fourth-order valence-corrected chi connectivity index (χ4v) is 1.63. The summed E-state index contributed by atoms with van der Waals surface area (Å²) in [7, 11) is 0. The number of carbonyl (C=O) groups is 1. The Hall–Kier alpha value is -0.610. The van der Waals surface area contributed by atoms with Crippen molar-refractivity contribution in [2.45, 2.75) is 38.9 Å². The topological polar surface area (TPSA) is 58.4 Å². The number of hydrogen-bond donors (Lipinski definition) is 2. The van der Waals surface area contributed by atoms with Crippen molar-refractivity contribution in [1.29, 1.82) is 0 Å². The lowest BCUT2D eigenvalue weighted by atomic mass is 10.1. The van der Waals surface area contributed by atoms with Crippen LogP contribution in [0.2, 0.25) is 0 Å². The largest absolute Gasteiger partial charge is 0.336 e. The van der Waals surface area contributed by atoms with E-state index in [0.29, 0.717) is 6.04 Å². The Labute approximate surface area is 79.5 Å². The zero-order valence-electron chi connectivity index (χ0n) is 8.58. The molecule has 1 saturated heterocycles. The summed E-state index contributed by atoms with van der Waals surface area (Å²) < 4.78 is 0. The Bertz CT molecular complexity index is 193. The molecular formula is C9H19N3O. The average molecular weight is 185 g/mol. The number of hydrogen-bond acceptors (Lipinski definition) is 3. The van der Waals surface area contributed by atoms with E-state index in [1.165, 1.54) is 0 Å². The lowest BCUT2D eigenvalue weighted by Crippen LogP contribution is -2.59. The van der Waals surface area contributed by atoms with Crippen LogP contribution in [0.1, 0.15) is 20.8 Å². The van der Waals surface area contributed by atoms with Crippen molar-refractivity contribution >= 4 is 5.91 Å². The molecule has 1 aliphatic heterocycles. The summed E-state index contributed by atoms with van der Waals surface area (Å²) in [6, 6.07) is 0.219. The molecule has 2 unspecified atom stereocenters. The number of piperazine rings is 1. The number of rotatable bonds is 1. The van der Waals surface area contributed by atoms with E-state index in [2.05, 4.69) is 19.2 Å². The van der Waals surface area contributed by atoms with Crippen molar-refractivity contribution < 1.29 is 4.79 Å². The number of nitrogens with zero attached hydrogens (tertiary/aromatic N) is 1. The smallest absolute Gasteiger partial charge is 0.239 e. The number of amides is 1. The van der Waals surface area contributed by atoms with E-state index < -0.39 is 0 Å². The predicted molar refractivity (Wildman–Crippen MR) is 52.3 cm³/mol. The van der Waals surface area contributed by atoms with Crippen molar-refractivity contribution in [3.8, 4) is 0 Å². The van der Waals surface area contributed by atoms with Crippen molar-refractivity contribution in [3.63, 3.8) is 0 Å². The first-order chi connectivity index (χ1) is 6.04. The summed E-state index contributed by atoms with van der Waals surface area (Å²) >= 11 is 0. The highest BCUT2D eigenvalue weighted by molar-refractivity contribution is 5.81. The van der Waals surface area contributed by atoms with Crippen molar-refractivity contribution in [3.05, 3.63) is 0 Å². The molecule has 3 N–H and O–H groups in total. The van der Waals surface area contributed by atoms with Crippen molar-refractivity contribution in [1.82, 2.24) is 10.2 Å². The SMILES string of the molecule is CC1NCCN(C(=O)[C@H](C)N)C1C. The first kappa shape index (κ1) is 10.5. The highest BCUT2D eigenvalue weighted by Gasteiger charge is 2.29. The van der Waals surface area contributed by atoms with Crippen molar-refractivity contribution in [2.24, 2.45) is 5.73 Å². The van der Waals surface area contributed by atoms with Gasteiger partial charge in [0.25, 0.3) is 0 Å². The normalized spacial score (nSPS) is 31.5. The molecule has 4 nitrogen and oxygen atoms in total. The second kappa shape index (κ2) is 4.07. The Morgan fingerprint density at radius 2 is 2.23 bits per heavy atom. The standard InChI is InChI=1S/C9H19N3O/c1-6(10)9(13)12-5-4-11-7(2)8(12)3/h6-8,11H,4-5,10H2,1-3H3/t6-,7?,8?/m0/s1. The second-order valence-corrected chi connectivity index (χ2v) is 3.80. The molecule has 1 amide bonds. The van der Waals surface area contributed by atoms with Gasteiger partial charge in [0.15, 0.2) is 0 Å². The summed E-state index contributed by atoms with van der Waals surface area (Å²) in [6.07, 6.45) is 0. The zero-order valence-corrected chi connectivity index (χ0v) is 8.58. The fourth-order valence-electron chi connectivity index (χ4n) is 1.63.